The lowest BCUT2D eigenvalue weighted by molar-refractivity contribution is -0.118. The lowest BCUT2D eigenvalue weighted by atomic mass is 9.95. The Balaban J connectivity index is 1.45. The monoisotopic (exact) mass is 371 g/mol. The van der Waals surface area contributed by atoms with E-state index in [0.29, 0.717) is 18.7 Å². The number of rotatable bonds is 7. The Labute approximate surface area is 159 Å². The van der Waals surface area contributed by atoms with Gasteiger partial charge >= 0.3 is 0 Å². The van der Waals surface area contributed by atoms with E-state index in [2.05, 4.69) is 17.2 Å². The quantitative estimate of drug-likeness (QED) is 0.758. The first-order chi connectivity index (χ1) is 12.7. The molecule has 2 aromatic rings. The molecule has 0 aliphatic heterocycles. The van der Waals surface area contributed by atoms with Gasteiger partial charge in [0, 0.05) is 29.2 Å². The van der Waals surface area contributed by atoms with Gasteiger partial charge in [-0.1, -0.05) is 6.07 Å². The lowest BCUT2D eigenvalue weighted by Gasteiger charge is -2.17. The number of ether oxygens (including phenoxy) is 1. The van der Waals surface area contributed by atoms with Crippen LogP contribution >= 0.6 is 11.8 Å². The van der Waals surface area contributed by atoms with Gasteiger partial charge in [-0.25, -0.2) is 9.97 Å². The summed E-state index contributed by atoms with van der Waals surface area (Å²) in [6, 6.07) is 7.73. The summed E-state index contributed by atoms with van der Waals surface area (Å²) in [4.78, 5) is 22.4. The number of hydrogen-bond acceptors (Lipinski definition) is 5. The van der Waals surface area contributed by atoms with Crippen molar-refractivity contribution in [2.24, 2.45) is 0 Å². The number of fused-ring (bicyclic) bond motifs is 1. The number of aromatic nitrogens is 2. The van der Waals surface area contributed by atoms with Crippen LogP contribution in [0.2, 0.25) is 0 Å². The molecule has 1 aromatic carbocycles. The van der Waals surface area contributed by atoms with Crippen molar-refractivity contribution in [1.29, 1.82) is 0 Å². The van der Waals surface area contributed by atoms with Crippen LogP contribution < -0.4 is 10.1 Å². The van der Waals surface area contributed by atoms with Gasteiger partial charge in [0.2, 0.25) is 5.91 Å². The molecule has 5 nitrogen and oxygen atoms in total. The highest BCUT2D eigenvalue weighted by Crippen LogP contribution is 2.23. The highest BCUT2D eigenvalue weighted by atomic mass is 32.2. The summed E-state index contributed by atoms with van der Waals surface area (Å²) in [6.45, 7) is 2.63. The van der Waals surface area contributed by atoms with Gasteiger partial charge in [0.05, 0.1) is 12.9 Å². The van der Waals surface area contributed by atoms with E-state index >= 15 is 0 Å². The van der Waals surface area contributed by atoms with E-state index in [4.69, 9.17) is 9.72 Å². The first-order valence-corrected chi connectivity index (χ1v) is 10.0. The normalized spacial score (nSPS) is 13.2. The predicted molar refractivity (Wildman–Crippen MR) is 104 cm³/mol. The van der Waals surface area contributed by atoms with Crippen LogP contribution in [0.3, 0.4) is 0 Å². The Bertz CT molecular complexity index is 780. The fourth-order valence-electron chi connectivity index (χ4n) is 3.16. The molecule has 0 spiro atoms. The molecule has 1 aliphatic rings. The molecule has 6 heteroatoms. The summed E-state index contributed by atoms with van der Waals surface area (Å²) in [7, 11) is 1.64. The molecule has 1 aromatic heterocycles. The van der Waals surface area contributed by atoms with Crippen molar-refractivity contribution < 1.29 is 9.53 Å². The lowest BCUT2D eigenvalue weighted by Crippen LogP contribution is -2.28. The van der Waals surface area contributed by atoms with Crippen LogP contribution in [0.5, 0.6) is 5.75 Å². The standard InChI is InChI=1S/C20H25N3O2S/c1-14-17-8-3-4-9-18(17)23-19(22-14)10-11-21-20(24)13-26-16-7-5-6-15(12-16)25-2/h5-7,12H,3-4,8-11,13H2,1-2H3,(H,21,24). The van der Waals surface area contributed by atoms with Gasteiger partial charge in [0.15, 0.2) is 0 Å². The Hall–Kier alpha value is -2.08. The Morgan fingerprint density at radius 3 is 2.96 bits per heavy atom. The zero-order chi connectivity index (χ0) is 18.4. The number of carbonyl (C=O) groups is 1. The Kier molecular flexibility index (Phi) is 6.50. The van der Waals surface area contributed by atoms with Gasteiger partial charge in [-0.2, -0.15) is 0 Å². The van der Waals surface area contributed by atoms with E-state index in [1.807, 2.05) is 24.3 Å². The first-order valence-electron chi connectivity index (χ1n) is 9.04. The number of amides is 1. The molecule has 1 N–H and O–H groups in total. The smallest absolute Gasteiger partial charge is 0.230 e. The van der Waals surface area contributed by atoms with Crippen molar-refractivity contribution in [2.75, 3.05) is 19.4 Å². The zero-order valence-corrected chi connectivity index (χ0v) is 16.2. The molecule has 1 aliphatic carbocycles. The molecule has 0 radical (unpaired) electrons. The highest BCUT2D eigenvalue weighted by molar-refractivity contribution is 8.00. The SMILES string of the molecule is COc1cccc(SCC(=O)NCCc2nc(C)c3c(n2)CCCC3)c1. The molecule has 3 rings (SSSR count). The van der Waals surface area contributed by atoms with E-state index in [1.54, 1.807) is 7.11 Å². The minimum absolute atomic E-state index is 0.0208. The summed E-state index contributed by atoms with van der Waals surface area (Å²) < 4.78 is 5.20. The maximum atomic E-state index is 12.1. The van der Waals surface area contributed by atoms with Crippen LogP contribution in [0, 0.1) is 6.92 Å². The third-order valence-corrected chi connectivity index (χ3v) is 5.51. The third kappa shape index (κ3) is 4.97. The van der Waals surface area contributed by atoms with Gasteiger partial charge in [0.1, 0.15) is 11.6 Å². The average molecular weight is 372 g/mol. The van der Waals surface area contributed by atoms with E-state index in [-0.39, 0.29) is 5.91 Å². The fourth-order valence-corrected chi connectivity index (χ4v) is 3.93. The van der Waals surface area contributed by atoms with Crippen molar-refractivity contribution >= 4 is 17.7 Å². The summed E-state index contributed by atoms with van der Waals surface area (Å²) >= 11 is 1.50. The number of thioether (sulfide) groups is 1. The Morgan fingerprint density at radius 2 is 2.12 bits per heavy atom. The number of nitrogens with one attached hydrogen (secondary N) is 1. The molecule has 0 bridgehead atoms. The number of methoxy groups -OCH3 is 1. The molecule has 138 valence electrons. The van der Waals surface area contributed by atoms with E-state index < -0.39 is 0 Å². The minimum atomic E-state index is 0.0208. The third-order valence-electron chi connectivity index (χ3n) is 4.52. The molecule has 26 heavy (non-hydrogen) atoms. The summed E-state index contributed by atoms with van der Waals surface area (Å²) in [5.74, 6) is 2.05. The maximum Gasteiger partial charge on any atom is 0.230 e. The number of nitrogens with zero attached hydrogens (tertiary/aromatic N) is 2. The van der Waals surface area contributed by atoms with Crippen LogP contribution in [0.4, 0.5) is 0 Å². The fraction of sp³-hybridized carbons (Fsp3) is 0.450. The topological polar surface area (TPSA) is 64.1 Å². The molecule has 0 saturated carbocycles. The molecule has 0 saturated heterocycles. The van der Waals surface area contributed by atoms with Crippen molar-refractivity contribution in [3.8, 4) is 5.75 Å². The van der Waals surface area contributed by atoms with E-state index in [9.17, 15) is 4.79 Å². The van der Waals surface area contributed by atoms with Crippen LogP contribution in [0.25, 0.3) is 0 Å². The predicted octanol–water partition coefficient (Wildman–Crippen LogP) is 3.12. The molecular formula is C20H25N3O2S. The van der Waals surface area contributed by atoms with Crippen LogP contribution in [-0.4, -0.2) is 35.3 Å². The highest BCUT2D eigenvalue weighted by Gasteiger charge is 2.15. The molecule has 1 amide bonds. The molecule has 0 fully saturated rings. The number of hydrogen-bond donors (Lipinski definition) is 1. The first kappa shape index (κ1) is 18.7. The second kappa shape index (κ2) is 9.03. The van der Waals surface area contributed by atoms with Crippen molar-refractivity contribution in [3.63, 3.8) is 0 Å². The van der Waals surface area contributed by atoms with Gasteiger partial charge in [0.25, 0.3) is 0 Å². The maximum absolute atomic E-state index is 12.1. The largest absolute Gasteiger partial charge is 0.497 e. The Morgan fingerprint density at radius 1 is 1.27 bits per heavy atom. The van der Waals surface area contributed by atoms with Crippen LogP contribution in [0.1, 0.15) is 35.6 Å². The van der Waals surface area contributed by atoms with Crippen molar-refractivity contribution in [2.45, 2.75) is 43.9 Å². The minimum Gasteiger partial charge on any atom is -0.497 e. The van der Waals surface area contributed by atoms with Gasteiger partial charge in [-0.05, 0) is 56.4 Å². The van der Waals surface area contributed by atoms with Gasteiger partial charge in [-0.15, -0.1) is 11.8 Å². The summed E-state index contributed by atoms with van der Waals surface area (Å²) in [5.41, 5.74) is 3.64. The van der Waals surface area contributed by atoms with Crippen LogP contribution in [0.15, 0.2) is 29.2 Å². The van der Waals surface area contributed by atoms with Crippen molar-refractivity contribution in [1.82, 2.24) is 15.3 Å². The molecular weight excluding hydrogens is 346 g/mol. The molecule has 1 heterocycles. The van der Waals surface area contributed by atoms with Crippen molar-refractivity contribution in [3.05, 3.63) is 47.0 Å². The number of benzene rings is 1. The van der Waals surface area contributed by atoms with E-state index in [0.717, 1.165) is 35.0 Å². The molecule has 0 atom stereocenters. The molecule has 0 unspecified atom stereocenters. The summed E-state index contributed by atoms with van der Waals surface area (Å²) in [6.07, 6.45) is 5.26. The number of carbonyl (C=O) groups excluding carboxylic acids is 1. The van der Waals surface area contributed by atoms with Gasteiger partial charge < -0.3 is 10.1 Å². The van der Waals surface area contributed by atoms with Crippen LogP contribution in [-0.2, 0) is 24.1 Å². The number of aryl methyl sites for hydroxylation is 2. The average Bonchev–Trinajstić information content (AvgIpc) is 2.66. The second-order valence-corrected chi connectivity index (χ2v) is 7.47. The van der Waals surface area contributed by atoms with E-state index in [1.165, 1.54) is 35.9 Å². The zero-order valence-electron chi connectivity index (χ0n) is 15.4. The summed E-state index contributed by atoms with van der Waals surface area (Å²) in [5, 5.41) is 2.96. The van der Waals surface area contributed by atoms with Gasteiger partial charge in [-0.3, -0.25) is 4.79 Å². The second-order valence-electron chi connectivity index (χ2n) is 6.43.